The first-order valence-corrected chi connectivity index (χ1v) is 17.1. The molecular weight excluding hydrogens is 637 g/mol. The molecule has 0 bridgehead atoms. The fraction of sp³-hybridized carbons (Fsp3) is 0.0213. The van der Waals surface area contributed by atoms with Gasteiger partial charge in [0.1, 0.15) is 11.5 Å². The molecule has 7 aromatic carbocycles. The van der Waals surface area contributed by atoms with E-state index < -0.39 is 5.41 Å². The Morgan fingerprint density at radius 3 is 1.58 bits per heavy atom. The lowest BCUT2D eigenvalue weighted by Gasteiger charge is -2.41. The van der Waals surface area contributed by atoms with Crippen LogP contribution in [-0.2, 0) is 5.41 Å². The molecule has 0 N–H and O–H groups in total. The summed E-state index contributed by atoms with van der Waals surface area (Å²) in [5, 5.41) is 0. The lowest BCUT2D eigenvalue weighted by Crippen LogP contribution is -2.34. The standard InChI is InChI=1S/C47H30N4O/c1-48-37-28-25-33(26-29-37)45-49-44(32-15-5-2-6-16-32)50-46(51-45)39-22-12-11-21-38(39)34-27-30-43-41(31-34)47(35-17-7-3-8-18-35,36-19-9-4-10-20-36)40-23-13-14-24-42(40)52-43/h2-31H. The zero-order chi connectivity index (χ0) is 34.9. The highest BCUT2D eigenvalue weighted by Gasteiger charge is 2.45. The summed E-state index contributed by atoms with van der Waals surface area (Å²) in [5.74, 6) is 3.33. The van der Waals surface area contributed by atoms with E-state index in [4.69, 9.17) is 26.3 Å². The molecule has 0 atom stereocenters. The Kier molecular flexibility index (Phi) is 7.68. The maximum absolute atomic E-state index is 7.41. The molecule has 244 valence electrons. The highest BCUT2D eigenvalue weighted by molar-refractivity contribution is 5.84. The SMILES string of the molecule is [C-]#[N+]c1ccc(-c2nc(-c3ccccc3)nc(-c3ccccc3-c3ccc4c(c3)C(c3ccccc3)(c3ccccc3)c3ccccc3O4)n2)cc1. The summed E-state index contributed by atoms with van der Waals surface area (Å²) >= 11 is 0. The summed E-state index contributed by atoms with van der Waals surface area (Å²) in [6.45, 7) is 7.41. The van der Waals surface area contributed by atoms with Gasteiger partial charge in [0, 0.05) is 27.8 Å². The summed E-state index contributed by atoms with van der Waals surface area (Å²) in [7, 11) is 0. The minimum atomic E-state index is -0.643. The van der Waals surface area contributed by atoms with E-state index in [1.807, 2.05) is 54.6 Å². The molecule has 0 saturated carbocycles. The fourth-order valence-corrected chi connectivity index (χ4v) is 7.33. The molecule has 9 rings (SSSR count). The molecule has 0 spiro atoms. The van der Waals surface area contributed by atoms with Crippen molar-refractivity contribution >= 4 is 5.69 Å². The molecule has 52 heavy (non-hydrogen) atoms. The van der Waals surface area contributed by atoms with Gasteiger partial charge in [-0.3, -0.25) is 0 Å². The maximum Gasteiger partial charge on any atom is 0.187 e. The number of nitrogens with zero attached hydrogens (tertiary/aromatic N) is 4. The van der Waals surface area contributed by atoms with Crippen molar-refractivity contribution in [3.63, 3.8) is 0 Å². The third-order valence-electron chi connectivity index (χ3n) is 9.71. The maximum atomic E-state index is 7.41. The van der Waals surface area contributed by atoms with E-state index in [1.165, 1.54) is 0 Å². The van der Waals surface area contributed by atoms with Gasteiger partial charge >= 0.3 is 0 Å². The molecule has 1 aliphatic heterocycles. The van der Waals surface area contributed by atoms with Gasteiger partial charge in [0.15, 0.2) is 23.2 Å². The van der Waals surface area contributed by atoms with Crippen LogP contribution in [0.25, 0.3) is 50.1 Å². The Morgan fingerprint density at radius 1 is 0.423 bits per heavy atom. The Labute approximate surface area is 302 Å². The van der Waals surface area contributed by atoms with E-state index in [1.54, 1.807) is 12.1 Å². The molecule has 5 heteroatoms. The summed E-state index contributed by atoms with van der Waals surface area (Å²) < 4.78 is 6.68. The Hall–Kier alpha value is -7.16. The van der Waals surface area contributed by atoms with E-state index in [0.717, 1.165) is 61.6 Å². The average Bonchev–Trinajstić information content (AvgIpc) is 3.23. The van der Waals surface area contributed by atoms with Gasteiger partial charge in [-0.05, 0) is 40.5 Å². The van der Waals surface area contributed by atoms with Crippen molar-refractivity contribution in [2.75, 3.05) is 0 Å². The van der Waals surface area contributed by atoms with E-state index in [0.29, 0.717) is 23.2 Å². The fourth-order valence-electron chi connectivity index (χ4n) is 7.33. The zero-order valence-corrected chi connectivity index (χ0v) is 28.0. The first kappa shape index (κ1) is 30.9. The van der Waals surface area contributed by atoms with Gasteiger partial charge < -0.3 is 4.74 Å². The van der Waals surface area contributed by atoms with Crippen molar-refractivity contribution in [1.29, 1.82) is 0 Å². The molecule has 0 fully saturated rings. The van der Waals surface area contributed by atoms with Crippen LogP contribution in [0.5, 0.6) is 11.5 Å². The zero-order valence-electron chi connectivity index (χ0n) is 28.0. The van der Waals surface area contributed by atoms with Crippen LogP contribution < -0.4 is 4.74 Å². The number of fused-ring (bicyclic) bond motifs is 2. The topological polar surface area (TPSA) is 52.3 Å². The lowest BCUT2D eigenvalue weighted by molar-refractivity contribution is 0.434. The summed E-state index contributed by atoms with van der Waals surface area (Å²) in [6, 6.07) is 61.8. The minimum Gasteiger partial charge on any atom is -0.457 e. The third-order valence-corrected chi connectivity index (χ3v) is 9.71. The minimum absolute atomic E-state index is 0.540. The van der Waals surface area contributed by atoms with Crippen molar-refractivity contribution in [2.45, 2.75) is 5.41 Å². The number of rotatable bonds is 6. The molecular formula is C47H30N4O. The quantitative estimate of drug-likeness (QED) is 0.166. The average molecular weight is 667 g/mol. The summed E-state index contributed by atoms with van der Waals surface area (Å²) in [6.07, 6.45) is 0. The monoisotopic (exact) mass is 666 g/mol. The second kappa shape index (κ2) is 12.9. The van der Waals surface area contributed by atoms with Gasteiger partial charge in [0.2, 0.25) is 0 Å². The normalized spacial score (nSPS) is 12.5. The predicted molar refractivity (Wildman–Crippen MR) is 206 cm³/mol. The Balaban J connectivity index is 1.27. The smallest absolute Gasteiger partial charge is 0.187 e. The molecule has 2 heterocycles. The summed E-state index contributed by atoms with van der Waals surface area (Å²) in [4.78, 5) is 18.6. The first-order valence-electron chi connectivity index (χ1n) is 17.1. The summed E-state index contributed by atoms with van der Waals surface area (Å²) in [5.41, 5.74) is 8.95. The molecule has 0 saturated heterocycles. The molecule has 5 nitrogen and oxygen atoms in total. The van der Waals surface area contributed by atoms with Gasteiger partial charge in [-0.25, -0.2) is 19.8 Å². The second-order valence-electron chi connectivity index (χ2n) is 12.7. The van der Waals surface area contributed by atoms with Crippen LogP contribution >= 0.6 is 0 Å². The van der Waals surface area contributed by atoms with Crippen LogP contribution in [0.3, 0.4) is 0 Å². The molecule has 0 aliphatic carbocycles. The van der Waals surface area contributed by atoms with Crippen molar-refractivity contribution in [3.05, 3.63) is 216 Å². The Bertz CT molecular complexity index is 2560. The molecule has 8 aromatic rings. The number of ether oxygens (including phenoxy) is 1. The van der Waals surface area contributed by atoms with Gasteiger partial charge in [0.25, 0.3) is 0 Å². The highest BCUT2D eigenvalue weighted by atomic mass is 16.5. The lowest BCUT2D eigenvalue weighted by atomic mass is 9.63. The van der Waals surface area contributed by atoms with Crippen molar-refractivity contribution in [1.82, 2.24) is 15.0 Å². The van der Waals surface area contributed by atoms with Crippen LogP contribution in [0.15, 0.2) is 182 Å². The van der Waals surface area contributed by atoms with Crippen molar-refractivity contribution in [3.8, 4) is 56.8 Å². The van der Waals surface area contributed by atoms with E-state index in [-0.39, 0.29) is 0 Å². The number of benzene rings is 7. The number of hydrogen-bond donors (Lipinski definition) is 0. The second-order valence-corrected chi connectivity index (χ2v) is 12.7. The van der Waals surface area contributed by atoms with E-state index >= 15 is 0 Å². The van der Waals surface area contributed by atoms with Gasteiger partial charge in [-0.1, -0.05) is 164 Å². The van der Waals surface area contributed by atoms with E-state index in [9.17, 15) is 0 Å². The van der Waals surface area contributed by atoms with Crippen LogP contribution in [0, 0.1) is 6.57 Å². The van der Waals surface area contributed by atoms with Crippen LogP contribution in [0.2, 0.25) is 0 Å². The highest BCUT2D eigenvalue weighted by Crippen LogP contribution is 2.56. The van der Waals surface area contributed by atoms with Gasteiger partial charge in [-0.15, -0.1) is 0 Å². The Morgan fingerprint density at radius 2 is 0.923 bits per heavy atom. The predicted octanol–water partition coefficient (Wildman–Crippen LogP) is 11.6. The first-order chi connectivity index (χ1) is 25.7. The number of para-hydroxylation sites is 1. The van der Waals surface area contributed by atoms with Crippen molar-refractivity contribution in [2.24, 2.45) is 0 Å². The third kappa shape index (κ3) is 5.22. The molecule has 0 amide bonds. The number of aromatic nitrogens is 3. The molecule has 0 radical (unpaired) electrons. The van der Waals surface area contributed by atoms with Crippen molar-refractivity contribution < 1.29 is 4.74 Å². The molecule has 1 aliphatic rings. The van der Waals surface area contributed by atoms with Crippen LogP contribution in [0.4, 0.5) is 5.69 Å². The van der Waals surface area contributed by atoms with E-state index in [2.05, 4.69) is 120 Å². The van der Waals surface area contributed by atoms with Gasteiger partial charge in [-0.2, -0.15) is 0 Å². The van der Waals surface area contributed by atoms with Crippen LogP contribution in [0.1, 0.15) is 22.3 Å². The molecule has 0 unspecified atom stereocenters. The van der Waals surface area contributed by atoms with Gasteiger partial charge in [0.05, 0.1) is 12.0 Å². The van der Waals surface area contributed by atoms with Crippen LogP contribution in [-0.4, -0.2) is 15.0 Å². The molecule has 1 aromatic heterocycles. The number of hydrogen-bond acceptors (Lipinski definition) is 4. The largest absolute Gasteiger partial charge is 0.457 e.